The van der Waals surface area contributed by atoms with E-state index in [2.05, 4.69) is 26.0 Å². The fraction of sp³-hybridized carbons (Fsp3) is 0.200. The Hall–Kier alpha value is -1.20. The van der Waals surface area contributed by atoms with Gasteiger partial charge in [0.05, 0.1) is 18.4 Å². The summed E-state index contributed by atoms with van der Waals surface area (Å²) < 4.78 is 2.81. The average molecular weight is 267 g/mol. The van der Waals surface area contributed by atoms with Crippen LogP contribution in [0, 0.1) is 0 Å². The molecule has 0 spiro atoms. The molecular formula is C10H11BrN4. The van der Waals surface area contributed by atoms with Gasteiger partial charge in [0.25, 0.3) is 0 Å². The maximum atomic E-state index is 5.50. The van der Waals surface area contributed by atoms with E-state index >= 15 is 0 Å². The zero-order chi connectivity index (χ0) is 10.7. The minimum absolute atomic E-state index is 0.522. The molecule has 15 heavy (non-hydrogen) atoms. The SMILES string of the molecule is NCc1cnn(Cc2ccc(Br)cn2)c1. The predicted octanol–water partition coefficient (Wildman–Crippen LogP) is 1.55. The van der Waals surface area contributed by atoms with Gasteiger partial charge in [-0.05, 0) is 28.1 Å². The number of pyridine rings is 1. The van der Waals surface area contributed by atoms with E-state index < -0.39 is 0 Å². The molecule has 0 saturated carbocycles. The van der Waals surface area contributed by atoms with Crippen molar-refractivity contribution in [3.8, 4) is 0 Å². The molecule has 0 aromatic carbocycles. The highest BCUT2D eigenvalue weighted by molar-refractivity contribution is 9.10. The summed E-state index contributed by atoms with van der Waals surface area (Å²) in [7, 11) is 0. The Labute approximate surface area is 96.3 Å². The zero-order valence-electron chi connectivity index (χ0n) is 8.10. The minimum Gasteiger partial charge on any atom is -0.326 e. The fourth-order valence-corrected chi connectivity index (χ4v) is 1.50. The van der Waals surface area contributed by atoms with Gasteiger partial charge in [0, 0.05) is 29.0 Å². The Kier molecular flexibility index (Phi) is 3.13. The summed E-state index contributed by atoms with van der Waals surface area (Å²) in [6, 6.07) is 3.93. The topological polar surface area (TPSA) is 56.7 Å². The third-order valence-corrected chi connectivity index (χ3v) is 2.50. The molecule has 78 valence electrons. The van der Waals surface area contributed by atoms with E-state index in [9.17, 15) is 0 Å². The van der Waals surface area contributed by atoms with Crippen LogP contribution in [0.4, 0.5) is 0 Å². The van der Waals surface area contributed by atoms with Gasteiger partial charge in [-0.3, -0.25) is 9.67 Å². The first-order chi connectivity index (χ1) is 7.28. The van der Waals surface area contributed by atoms with Crippen molar-refractivity contribution >= 4 is 15.9 Å². The monoisotopic (exact) mass is 266 g/mol. The molecule has 0 unspecified atom stereocenters. The number of nitrogens with two attached hydrogens (primary N) is 1. The molecule has 2 aromatic heterocycles. The molecule has 2 aromatic rings. The lowest BCUT2D eigenvalue weighted by molar-refractivity contribution is 0.672. The summed E-state index contributed by atoms with van der Waals surface area (Å²) >= 11 is 3.34. The number of hydrogen-bond donors (Lipinski definition) is 1. The highest BCUT2D eigenvalue weighted by Gasteiger charge is 1.99. The summed E-state index contributed by atoms with van der Waals surface area (Å²) in [5, 5.41) is 4.19. The molecule has 4 nitrogen and oxygen atoms in total. The van der Waals surface area contributed by atoms with Gasteiger partial charge in [-0.25, -0.2) is 0 Å². The molecule has 0 atom stereocenters. The van der Waals surface area contributed by atoms with Crippen LogP contribution in [0.2, 0.25) is 0 Å². The number of nitrogens with zero attached hydrogens (tertiary/aromatic N) is 3. The summed E-state index contributed by atoms with van der Waals surface area (Å²) in [6.07, 6.45) is 5.49. The maximum Gasteiger partial charge on any atom is 0.0831 e. The Morgan fingerprint density at radius 2 is 2.20 bits per heavy atom. The molecule has 2 rings (SSSR count). The maximum absolute atomic E-state index is 5.50. The number of hydrogen-bond acceptors (Lipinski definition) is 3. The highest BCUT2D eigenvalue weighted by Crippen LogP contribution is 2.08. The molecule has 2 heterocycles. The van der Waals surface area contributed by atoms with Crippen molar-refractivity contribution in [1.29, 1.82) is 0 Å². The number of aromatic nitrogens is 3. The van der Waals surface area contributed by atoms with Crippen LogP contribution in [0.1, 0.15) is 11.3 Å². The van der Waals surface area contributed by atoms with Gasteiger partial charge >= 0.3 is 0 Å². The molecule has 2 N–H and O–H groups in total. The second-order valence-electron chi connectivity index (χ2n) is 3.22. The van der Waals surface area contributed by atoms with Crippen molar-refractivity contribution in [2.45, 2.75) is 13.1 Å². The smallest absolute Gasteiger partial charge is 0.0831 e. The lowest BCUT2D eigenvalue weighted by Gasteiger charge is -2.00. The minimum atomic E-state index is 0.522. The first-order valence-corrected chi connectivity index (χ1v) is 5.39. The van der Waals surface area contributed by atoms with Crippen LogP contribution in [-0.2, 0) is 13.1 Å². The normalized spacial score (nSPS) is 10.5. The third-order valence-electron chi connectivity index (χ3n) is 2.04. The zero-order valence-corrected chi connectivity index (χ0v) is 9.68. The largest absolute Gasteiger partial charge is 0.326 e. The van der Waals surface area contributed by atoms with Crippen LogP contribution in [0.5, 0.6) is 0 Å². The summed E-state index contributed by atoms with van der Waals surface area (Å²) in [5.74, 6) is 0. The Morgan fingerprint density at radius 3 is 2.80 bits per heavy atom. The average Bonchev–Trinajstić information content (AvgIpc) is 2.69. The lowest BCUT2D eigenvalue weighted by atomic mass is 10.3. The second kappa shape index (κ2) is 4.55. The number of halogens is 1. The van der Waals surface area contributed by atoms with E-state index in [-0.39, 0.29) is 0 Å². The molecule has 0 bridgehead atoms. The van der Waals surface area contributed by atoms with Gasteiger partial charge in [-0.15, -0.1) is 0 Å². The highest BCUT2D eigenvalue weighted by atomic mass is 79.9. The van der Waals surface area contributed by atoms with Crippen LogP contribution in [0.15, 0.2) is 35.2 Å². The van der Waals surface area contributed by atoms with Gasteiger partial charge in [0.2, 0.25) is 0 Å². The Balaban J connectivity index is 2.11. The lowest BCUT2D eigenvalue weighted by Crippen LogP contribution is -2.02. The van der Waals surface area contributed by atoms with E-state index in [0.717, 1.165) is 15.7 Å². The van der Waals surface area contributed by atoms with Crippen molar-refractivity contribution in [2.24, 2.45) is 5.73 Å². The van der Waals surface area contributed by atoms with Crippen molar-refractivity contribution in [3.05, 3.63) is 46.5 Å². The van der Waals surface area contributed by atoms with Crippen LogP contribution in [0.25, 0.3) is 0 Å². The van der Waals surface area contributed by atoms with Crippen molar-refractivity contribution in [1.82, 2.24) is 14.8 Å². The van der Waals surface area contributed by atoms with Gasteiger partial charge in [0.15, 0.2) is 0 Å². The van der Waals surface area contributed by atoms with E-state index in [0.29, 0.717) is 13.1 Å². The summed E-state index contributed by atoms with van der Waals surface area (Å²) in [5.41, 5.74) is 7.51. The summed E-state index contributed by atoms with van der Waals surface area (Å²) in [4.78, 5) is 4.27. The van der Waals surface area contributed by atoms with Gasteiger partial charge in [-0.1, -0.05) is 0 Å². The van der Waals surface area contributed by atoms with Crippen LogP contribution < -0.4 is 5.73 Å². The summed E-state index contributed by atoms with van der Waals surface area (Å²) in [6.45, 7) is 1.20. The third kappa shape index (κ3) is 2.64. The van der Waals surface area contributed by atoms with E-state index in [4.69, 9.17) is 5.73 Å². The molecule has 0 fully saturated rings. The fourth-order valence-electron chi connectivity index (χ4n) is 1.26. The van der Waals surface area contributed by atoms with E-state index in [1.165, 1.54) is 0 Å². The molecule has 0 saturated heterocycles. The molecular weight excluding hydrogens is 256 g/mol. The van der Waals surface area contributed by atoms with Crippen LogP contribution in [-0.4, -0.2) is 14.8 Å². The van der Waals surface area contributed by atoms with E-state index in [1.54, 1.807) is 12.4 Å². The second-order valence-corrected chi connectivity index (χ2v) is 4.13. The Morgan fingerprint density at radius 1 is 1.33 bits per heavy atom. The van der Waals surface area contributed by atoms with Crippen molar-refractivity contribution < 1.29 is 0 Å². The van der Waals surface area contributed by atoms with Crippen LogP contribution >= 0.6 is 15.9 Å². The van der Waals surface area contributed by atoms with Gasteiger partial charge in [-0.2, -0.15) is 5.10 Å². The van der Waals surface area contributed by atoms with E-state index in [1.807, 2.05) is 23.0 Å². The predicted molar refractivity (Wildman–Crippen MR) is 61.2 cm³/mol. The van der Waals surface area contributed by atoms with Crippen molar-refractivity contribution in [2.75, 3.05) is 0 Å². The first kappa shape index (κ1) is 10.3. The molecule has 0 aliphatic carbocycles. The standard InChI is InChI=1S/C10H11BrN4/c11-9-1-2-10(13-5-9)7-15-6-8(3-12)4-14-15/h1-2,4-6H,3,7,12H2. The molecule has 0 amide bonds. The molecule has 0 aliphatic rings. The quantitative estimate of drug-likeness (QED) is 0.917. The Bertz CT molecular complexity index is 435. The van der Waals surface area contributed by atoms with Gasteiger partial charge < -0.3 is 5.73 Å². The van der Waals surface area contributed by atoms with Crippen LogP contribution in [0.3, 0.4) is 0 Å². The van der Waals surface area contributed by atoms with Crippen molar-refractivity contribution in [3.63, 3.8) is 0 Å². The molecule has 0 radical (unpaired) electrons. The number of rotatable bonds is 3. The molecule has 0 aliphatic heterocycles. The molecule has 5 heteroatoms. The van der Waals surface area contributed by atoms with Gasteiger partial charge in [0.1, 0.15) is 0 Å². The first-order valence-electron chi connectivity index (χ1n) is 4.60.